The minimum atomic E-state index is 1.12. The van der Waals surface area contributed by atoms with E-state index in [2.05, 4.69) is 31.2 Å². The Balaban J connectivity index is 2.10. The summed E-state index contributed by atoms with van der Waals surface area (Å²) in [7, 11) is 0. The van der Waals surface area contributed by atoms with Crippen LogP contribution in [0.4, 0.5) is 5.69 Å². The Morgan fingerprint density at radius 1 is 0.867 bits per heavy atom. The maximum absolute atomic E-state index is 4.74. The molecule has 0 N–H and O–H groups in total. The van der Waals surface area contributed by atoms with Crippen molar-refractivity contribution in [3.63, 3.8) is 0 Å². The molecule has 1 aliphatic carbocycles. The molecule has 1 aromatic carbocycles. The van der Waals surface area contributed by atoms with E-state index < -0.39 is 0 Å². The first-order chi connectivity index (χ1) is 7.34. The topological polar surface area (TPSA) is 12.4 Å². The smallest absolute Gasteiger partial charge is 0.0629 e. The van der Waals surface area contributed by atoms with Crippen LogP contribution in [0.15, 0.2) is 29.3 Å². The van der Waals surface area contributed by atoms with Gasteiger partial charge in [-0.15, -0.1) is 0 Å². The zero-order valence-electron chi connectivity index (χ0n) is 9.50. The number of aryl methyl sites for hydroxylation is 1. The molecular formula is C14H19N. The number of benzene rings is 1. The first kappa shape index (κ1) is 10.4. The molecule has 1 aromatic rings. The molecule has 1 fully saturated rings. The van der Waals surface area contributed by atoms with Crippen molar-refractivity contribution in [2.24, 2.45) is 4.99 Å². The fraction of sp³-hybridized carbons (Fsp3) is 0.500. The van der Waals surface area contributed by atoms with E-state index in [-0.39, 0.29) is 0 Å². The fourth-order valence-corrected chi connectivity index (χ4v) is 2.05. The highest BCUT2D eigenvalue weighted by Gasteiger charge is 2.05. The molecule has 0 atom stereocenters. The first-order valence-corrected chi connectivity index (χ1v) is 5.98. The van der Waals surface area contributed by atoms with Crippen LogP contribution < -0.4 is 0 Å². The molecule has 1 nitrogen and oxygen atoms in total. The molecule has 0 saturated heterocycles. The Morgan fingerprint density at radius 2 is 1.47 bits per heavy atom. The van der Waals surface area contributed by atoms with E-state index >= 15 is 0 Å². The highest BCUT2D eigenvalue weighted by Crippen LogP contribution is 2.19. The second-order valence-electron chi connectivity index (χ2n) is 4.43. The number of nitrogens with zero attached hydrogens (tertiary/aromatic N) is 1. The molecule has 0 heterocycles. The summed E-state index contributed by atoms with van der Waals surface area (Å²) < 4.78 is 0. The highest BCUT2D eigenvalue weighted by atomic mass is 14.7. The average Bonchev–Trinajstić information content (AvgIpc) is 2.50. The third-order valence-electron chi connectivity index (χ3n) is 3.00. The van der Waals surface area contributed by atoms with Gasteiger partial charge in [-0.1, -0.05) is 30.5 Å². The van der Waals surface area contributed by atoms with E-state index in [1.165, 1.54) is 49.8 Å². The van der Waals surface area contributed by atoms with Crippen LogP contribution in [0, 0.1) is 6.92 Å². The number of rotatable bonds is 1. The molecule has 0 spiro atoms. The van der Waals surface area contributed by atoms with Crippen molar-refractivity contribution in [2.45, 2.75) is 45.4 Å². The van der Waals surface area contributed by atoms with Gasteiger partial charge in [0.2, 0.25) is 0 Å². The van der Waals surface area contributed by atoms with Gasteiger partial charge in [0.05, 0.1) is 5.69 Å². The largest absolute Gasteiger partial charge is 0.258 e. The SMILES string of the molecule is Cc1ccc(N=C2CCCCCC2)cc1. The van der Waals surface area contributed by atoms with Crippen LogP contribution in [0.5, 0.6) is 0 Å². The second kappa shape index (κ2) is 5.11. The lowest BCUT2D eigenvalue weighted by Gasteiger charge is -2.02. The molecular weight excluding hydrogens is 182 g/mol. The summed E-state index contributed by atoms with van der Waals surface area (Å²) in [5.74, 6) is 0. The third kappa shape index (κ3) is 3.19. The van der Waals surface area contributed by atoms with Gasteiger partial charge in [-0.3, -0.25) is 4.99 Å². The van der Waals surface area contributed by atoms with E-state index in [1.54, 1.807) is 0 Å². The van der Waals surface area contributed by atoms with E-state index in [0.717, 1.165) is 5.69 Å². The van der Waals surface area contributed by atoms with Crippen molar-refractivity contribution in [1.29, 1.82) is 0 Å². The summed E-state index contributed by atoms with van der Waals surface area (Å²) in [6.45, 7) is 2.11. The van der Waals surface area contributed by atoms with E-state index in [0.29, 0.717) is 0 Å². The van der Waals surface area contributed by atoms with Gasteiger partial charge in [0.25, 0.3) is 0 Å². The summed E-state index contributed by atoms with van der Waals surface area (Å²) in [5, 5.41) is 0. The van der Waals surface area contributed by atoms with E-state index in [4.69, 9.17) is 4.99 Å². The van der Waals surface area contributed by atoms with E-state index in [1.807, 2.05) is 0 Å². The van der Waals surface area contributed by atoms with Gasteiger partial charge in [0, 0.05) is 5.71 Å². The van der Waals surface area contributed by atoms with Crippen LogP contribution in [-0.2, 0) is 0 Å². The Hall–Kier alpha value is -1.11. The summed E-state index contributed by atoms with van der Waals surface area (Å²) in [6.07, 6.45) is 7.82. The Bertz CT molecular complexity index is 325. The van der Waals surface area contributed by atoms with Crippen LogP contribution in [0.3, 0.4) is 0 Å². The lowest BCUT2D eigenvalue weighted by atomic mass is 10.1. The molecule has 0 bridgehead atoms. The summed E-state index contributed by atoms with van der Waals surface area (Å²) in [4.78, 5) is 4.74. The molecule has 0 amide bonds. The lowest BCUT2D eigenvalue weighted by Crippen LogP contribution is -1.94. The molecule has 1 heteroatoms. The lowest BCUT2D eigenvalue weighted by molar-refractivity contribution is 0.702. The third-order valence-corrected chi connectivity index (χ3v) is 3.00. The van der Waals surface area contributed by atoms with Crippen LogP contribution in [0.25, 0.3) is 0 Å². The predicted molar refractivity (Wildman–Crippen MR) is 66.0 cm³/mol. The maximum atomic E-state index is 4.74. The molecule has 15 heavy (non-hydrogen) atoms. The van der Waals surface area contributed by atoms with Gasteiger partial charge in [-0.05, 0) is 44.7 Å². The summed E-state index contributed by atoms with van der Waals surface area (Å²) >= 11 is 0. The van der Waals surface area contributed by atoms with Crippen molar-refractivity contribution in [2.75, 3.05) is 0 Å². The van der Waals surface area contributed by atoms with E-state index in [9.17, 15) is 0 Å². The first-order valence-electron chi connectivity index (χ1n) is 5.98. The molecule has 0 aromatic heterocycles. The Kier molecular flexibility index (Phi) is 3.54. The minimum Gasteiger partial charge on any atom is -0.258 e. The quantitative estimate of drug-likeness (QED) is 0.596. The molecule has 0 aliphatic heterocycles. The molecule has 1 aliphatic rings. The van der Waals surface area contributed by atoms with Crippen LogP contribution in [0.2, 0.25) is 0 Å². The number of hydrogen-bond donors (Lipinski definition) is 0. The summed E-state index contributed by atoms with van der Waals surface area (Å²) in [5.41, 5.74) is 3.83. The van der Waals surface area contributed by atoms with Crippen molar-refractivity contribution >= 4 is 11.4 Å². The molecule has 0 unspecified atom stereocenters. The van der Waals surface area contributed by atoms with Gasteiger partial charge in [-0.25, -0.2) is 0 Å². The molecule has 80 valence electrons. The Morgan fingerprint density at radius 3 is 2.07 bits per heavy atom. The van der Waals surface area contributed by atoms with Gasteiger partial charge >= 0.3 is 0 Å². The van der Waals surface area contributed by atoms with Crippen molar-refractivity contribution < 1.29 is 0 Å². The molecule has 2 rings (SSSR count). The average molecular weight is 201 g/mol. The van der Waals surface area contributed by atoms with Crippen molar-refractivity contribution in [3.8, 4) is 0 Å². The zero-order chi connectivity index (χ0) is 10.5. The van der Waals surface area contributed by atoms with Crippen molar-refractivity contribution in [1.82, 2.24) is 0 Å². The predicted octanol–water partition coefficient (Wildman–Crippen LogP) is 4.42. The monoisotopic (exact) mass is 201 g/mol. The van der Waals surface area contributed by atoms with Crippen LogP contribution in [-0.4, -0.2) is 5.71 Å². The molecule has 0 radical (unpaired) electrons. The van der Waals surface area contributed by atoms with Gasteiger partial charge < -0.3 is 0 Å². The number of hydrogen-bond acceptors (Lipinski definition) is 1. The summed E-state index contributed by atoms with van der Waals surface area (Å²) in [6, 6.07) is 8.51. The van der Waals surface area contributed by atoms with Gasteiger partial charge in [0.15, 0.2) is 0 Å². The molecule has 1 saturated carbocycles. The highest BCUT2D eigenvalue weighted by molar-refractivity contribution is 5.87. The van der Waals surface area contributed by atoms with Crippen LogP contribution >= 0.6 is 0 Å². The maximum Gasteiger partial charge on any atom is 0.0629 e. The minimum absolute atomic E-state index is 1.12. The zero-order valence-corrected chi connectivity index (χ0v) is 9.50. The standard InChI is InChI=1S/C14H19N/c1-12-8-10-14(11-9-12)15-13-6-4-2-3-5-7-13/h8-11H,2-7H2,1H3. The Labute approximate surface area is 92.2 Å². The van der Waals surface area contributed by atoms with Crippen LogP contribution in [0.1, 0.15) is 44.1 Å². The fourth-order valence-electron chi connectivity index (χ4n) is 2.05. The normalized spacial score (nSPS) is 17.3. The van der Waals surface area contributed by atoms with Gasteiger partial charge in [0.1, 0.15) is 0 Å². The number of aliphatic imine (C=N–C) groups is 1. The second-order valence-corrected chi connectivity index (χ2v) is 4.43. The van der Waals surface area contributed by atoms with Gasteiger partial charge in [-0.2, -0.15) is 0 Å². The van der Waals surface area contributed by atoms with Crippen molar-refractivity contribution in [3.05, 3.63) is 29.8 Å².